The van der Waals surface area contributed by atoms with Gasteiger partial charge in [-0.3, -0.25) is 0 Å². The van der Waals surface area contributed by atoms with Gasteiger partial charge in [-0.25, -0.2) is 4.79 Å². The van der Waals surface area contributed by atoms with E-state index >= 15 is 0 Å². The molecule has 2 fully saturated rings. The van der Waals surface area contributed by atoms with Crippen LogP contribution in [0, 0.1) is 0 Å². The highest BCUT2D eigenvalue weighted by molar-refractivity contribution is 7.99. The molecule has 1 N–H and O–H groups in total. The predicted molar refractivity (Wildman–Crippen MR) is 84.3 cm³/mol. The zero-order chi connectivity index (χ0) is 14.6. The van der Waals surface area contributed by atoms with Gasteiger partial charge in [0.05, 0.1) is 0 Å². The van der Waals surface area contributed by atoms with E-state index in [1.165, 1.54) is 30.8 Å². The Balaban J connectivity index is 1.80. The summed E-state index contributed by atoms with van der Waals surface area (Å²) in [5, 5.41) is 3.74. The summed E-state index contributed by atoms with van der Waals surface area (Å²) in [5.41, 5.74) is -0.405. The Morgan fingerprint density at radius 1 is 1.20 bits per heavy atom. The number of ether oxygens (including phenoxy) is 1. The number of amides is 1. The maximum Gasteiger partial charge on any atom is 0.410 e. The van der Waals surface area contributed by atoms with Gasteiger partial charge in [-0.15, -0.1) is 0 Å². The Morgan fingerprint density at radius 3 is 2.55 bits per heavy atom. The number of hydrogen-bond donors (Lipinski definition) is 1. The summed E-state index contributed by atoms with van der Waals surface area (Å²) >= 11 is 2.05. The fraction of sp³-hybridized carbons (Fsp3) is 0.933. The molecule has 0 radical (unpaired) electrons. The van der Waals surface area contributed by atoms with Gasteiger partial charge in [-0.1, -0.05) is 0 Å². The smallest absolute Gasteiger partial charge is 0.410 e. The van der Waals surface area contributed by atoms with Crippen molar-refractivity contribution in [1.29, 1.82) is 0 Å². The number of piperidine rings is 1. The van der Waals surface area contributed by atoms with Crippen molar-refractivity contribution < 1.29 is 9.53 Å². The van der Waals surface area contributed by atoms with Crippen LogP contribution in [0.3, 0.4) is 0 Å². The molecule has 20 heavy (non-hydrogen) atoms. The minimum Gasteiger partial charge on any atom is -0.444 e. The first kappa shape index (κ1) is 16.0. The molecule has 0 aromatic carbocycles. The van der Waals surface area contributed by atoms with Gasteiger partial charge < -0.3 is 15.0 Å². The van der Waals surface area contributed by atoms with Gasteiger partial charge in [0.2, 0.25) is 0 Å². The summed E-state index contributed by atoms with van der Waals surface area (Å²) in [6, 6.07) is 1.07. The zero-order valence-corrected chi connectivity index (χ0v) is 13.8. The molecule has 2 rings (SSSR count). The maximum atomic E-state index is 12.1. The number of thioether (sulfide) groups is 1. The Morgan fingerprint density at radius 2 is 1.90 bits per heavy atom. The Labute approximate surface area is 127 Å². The van der Waals surface area contributed by atoms with Gasteiger partial charge in [-0.2, -0.15) is 11.8 Å². The quantitative estimate of drug-likeness (QED) is 0.851. The Hall–Kier alpha value is -0.420. The highest BCUT2D eigenvalue weighted by Crippen LogP contribution is 2.20. The molecule has 1 atom stereocenters. The van der Waals surface area contributed by atoms with Crippen LogP contribution in [0.15, 0.2) is 0 Å². The van der Waals surface area contributed by atoms with Crippen molar-refractivity contribution in [2.24, 2.45) is 0 Å². The maximum absolute atomic E-state index is 12.1. The van der Waals surface area contributed by atoms with Crippen LogP contribution in [0.25, 0.3) is 0 Å². The van der Waals surface area contributed by atoms with Gasteiger partial charge >= 0.3 is 6.09 Å². The first-order chi connectivity index (χ1) is 9.44. The number of hydrogen-bond acceptors (Lipinski definition) is 4. The summed E-state index contributed by atoms with van der Waals surface area (Å²) < 4.78 is 5.47. The van der Waals surface area contributed by atoms with Gasteiger partial charge in [0, 0.05) is 25.2 Å². The molecule has 0 aliphatic carbocycles. The Kier molecular flexibility index (Phi) is 5.61. The van der Waals surface area contributed by atoms with Gasteiger partial charge in [0.25, 0.3) is 0 Å². The molecule has 0 aromatic rings. The molecule has 0 spiro atoms. The number of nitrogens with zero attached hydrogens (tertiary/aromatic N) is 1. The largest absolute Gasteiger partial charge is 0.444 e. The lowest BCUT2D eigenvalue weighted by molar-refractivity contribution is 0.0183. The summed E-state index contributed by atoms with van der Waals surface area (Å²) in [7, 11) is 0. The summed E-state index contributed by atoms with van der Waals surface area (Å²) in [5.74, 6) is 2.53. The van der Waals surface area contributed by atoms with E-state index in [0.29, 0.717) is 12.1 Å². The zero-order valence-electron chi connectivity index (χ0n) is 13.0. The van der Waals surface area contributed by atoms with Crippen LogP contribution in [0.4, 0.5) is 4.79 Å². The van der Waals surface area contributed by atoms with Crippen molar-refractivity contribution in [1.82, 2.24) is 10.2 Å². The van der Waals surface area contributed by atoms with Crippen molar-refractivity contribution in [3.05, 3.63) is 0 Å². The molecular formula is C15H28N2O2S. The highest BCUT2D eigenvalue weighted by atomic mass is 32.2. The summed E-state index contributed by atoms with van der Waals surface area (Å²) in [6.07, 6.45) is 4.59. The van der Waals surface area contributed by atoms with Crippen LogP contribution in [0.5, 0.6) is 0 Å². The van der Waals surface area contributed by atoms with E-state index in [1.54, 1.807) is 0 Å². The molecule has 4 nitrogen and oxygen atoms in total. The molecule has 0 unspecified atom stereocenters. The minimum absolute atomic E-state index is 0.164. The molecular weight excluding hydrogens is 272 g/mol. The third-order valence-electron chi connectivity index (χ3n) is 3.77. The third-order valence-corrected chi connectivity index (χ3v) is 4.81. The molecule has 5 heteroatoms. The van der Waals surface area contributed by atoms with Gasteiger partial charge in [-0.05, 0) is 58.0 Å². The van der Waals surface area contributed by atoms with Crippen molar-refractivity contribution in [2.45, 2.75) is 64.1 Å². The fourth-order valence-electron chi connectivity index (χ4n) is 2.80. The summed E-state index contributed by atoms with van der Waals surface area (Å²) in [4.78, 5) is 14.0. The van der Waals surface area contributed by atoms with Crippen molar-refractivity contribution in [3.63, 3.8) is 0 Å². The van der Waals surface area contributed by atoms with Gasteiger partial charge in [0.15, 0.2) is 0 Å². The third kappa shape index (κ3) is 5.17. The SMILES string of the molecule is CC(C)(C)OC(=O)N1CCC[C@H](NC2CCSCC2)C1. The lowest BCUT2D eigenvalue weighted by atomic mass is 10.0. The minimum atomic E-state index is -0.405. The first-order valence-electron chi connectivity index (χ1n) is 7.76. The monoisotopic (exact) mass is 300 g/mol. The fourth-order valence-corrected chi connectivity index (χ4v) is 3.91. The second kappa shape index (κ2) is 7.03. The van der Waals surface area contributed by atoms with Crippen molar-refractivity contribution in [2.75, 3.05) is 24.6 Å². The number of carbonyl (C=O) groups is 1. The molecule has 116 valence electrons. The summed E-state index contributed by atoms with van der Waals surface area (Å²) in [6.45, 7) is 7.38. The molecule has 2 heterocycles. The van der Waals surface area contributed by atoms with Crippen LogP contribution in [0.1, 0.15) is 46.5 Å². The second-order valence-electron chi connectivity index (χ2n) is 6.82. The van der Waals surface area contributed by atoms with E-state index in [9.17, 15) is 4.79 Å². The van der Waals surface area contributed by atoms with Crippen LogP contribution in [-0.2, 0) is 4.74 Å². The molecule has 0 bridgehead atoms. The van der Waals surface area contributed by atoms with Crippen LogP contribution in [-0.4, -0.2) is 53.3 Å². The molecule has 0 saturated carbocycles. The predicted octanol–water partition coefficient (Wildman–Crippen LogP) is 2.87. The first-order valence-corrected chi connectivity index (χ1v) is 8.91. The van der Waals surface area contributed by atoms with E-state index in [1.807, 2.05) is 37.4 Å². The van der Waals surface area contributed by atoms with E-state index in [2.05, 4.69) is 5.32 Å². The molecule has 2 aliphatic rings. The highest BCUT2D eigenvalue weighted by Gasteiger charge is 2.28. The van der Waals surface area contributed by atoms with E-state index < -0.39 is 5.60 Å². The number of carbonyl (C=O) groups excluding carboxylic acids is 1. The topological polar surface area (TPSA) is 41.6 Å². The van der Waals surface area contributed by atoms with Gasteiger partial charge in [0.1, 0.15) is 5.60 Å². The average molecular weight is 300 g/mol. The second-order valence-corrected chi connectivity index (χ2v) is 8.04. The van der Waals surface area contributed by atoms with E-state index in [-0.39, 0.29) is 6.09 Å². The van der Waals surface area contributed by atoms with Crippen LogP contribution < -0.4 is 5.32 Å². The molecule has 1 amide bonds. The van der Waals surface area contributed by atoms with E-state index in [4.69, 9.17) is 4.74 Å². The molecule has 2 aliphatic heterocycles. The standard InChI is InChI=1S/C15H28N2O2S/c1-15(2,3)19-14(18)17-8-4-5-13(11-17)16-12-6-9-20-10-7-12/h12-13,16H,4-11H2,1-3H3/t13-/m0/s1. The number of rotatable bonds is 2. The molecule has 2 saturated heterocycles. The molecule has 0 aromatic heterocycles. The lowest BCUT2D eigenvalue weighted by Gasteiger charge is -2.36. The van der Waals surface area contributed by atoms with Crippen molar-refractivity contribution in [3.8, 4) is 0 Å². The normalized spacial score (nSPS) is 25.6. The van der Waals surface area contributed by atoms with Crippen LogP contribution >= 0.6 is 11.8 Å². The Bertz CT molecular complexity index is 324. The van der Waals surface area contributed by atoms with E-state index in [0.717, 1.165) is 19.5 Å². The van der Waals surface area contributed by atoms with Crippen LogP contribution in [0.2, 0.25) is 0 Å². The lowest BCUT2D eigenvalue weighted by Crippen LogP contribution is -2.52. The van der Waals surface area contributed by atoms with Crippen molar-refractivity contribution >= 4 is 17.9 Å². The average Bonchev–Trinajstić information content (AvgIpc) is 2.38. The number of likely N-dealkylation sites (tertiary alicyclic amines) is 1. The number of nitrogens with one attached hydrogen (secondary N) is 1.